The molecule has 0 atom stereocenters. The molecule has 1 fully saturated rings. The van der Waals surface area contributed by atoms with Gasteiger partial charge in [0.2, 0.25) is 0 Å². The van der Waals surface area contributed by atoms with Gasteiger partial charge < -0.3 is 25.6 Å². The molecule has 1 heterocycles. The average molecular weight is 277 g/mol. The van der Waals surface area contributed by atoms with Crippen molar-refractivity contribution in [1.29, 1.82) is 0 Å². The largest absolute Gasteiger partial charge is 0.490 e. The van der Waals surface area contributed by atoms with Crippen molar-refractivity contribution in [3.63, 3.8) is 0 Å². The Bertz CT molecular complexity index is 512. The second-order valence-corrected chi connectivity index (χ2v) is 5.13. The normalized spacial score (nSPS) is 25.6. The van der Waals surface area contributed by atoms with Crippen molar-refractivity contribution in [3.8, 4) is 11.5 Å². The van der Waals surface area contributed by atoms with Crippen LogP contribution in [0.5, 0.6) is 11.5 Å². The highest BCUT2D eigenvalue weighted by atomic mass is 16.5. The predicted octanol–water partition coefficient (Wildman–Crippen LogP) is 1.10. The molecule has 0 saturated heterocycles. The van der Waals surface area contributed by atoms with Gasteiger partial charge in [-0.2, -0.15) is 0 Å². The van der Waals surface area contributed by atoms with E-state index in [1.807, 2.05) is 18.2 Å². The first kappa shape index (κ1) is 13.1. The zero-order valence-electron chi connectivity index (χ0n) is 11.2. The Hall–Kier alpha value is -1.95. The van der Waals surface area contributed by atoms with Crippen LogP contribution in [0.2, 0.25) is 0 Å². The minimum Gasteiger partial charge on any atom is -0.490 e. The number of anilines is 1. The minimum atomic E-state index is -0.227. The molecular weight excluding hydrogens is 258 g/mol. The molecule has 2 aliphatic rings. The zero-order valence-corrected chi connectivity index (χ0v) is 11.2. The molecule has 0 unspecified atom stereocenters. The van der Waals surface area contributed by atoms with E-state index in [1.54, 1.807) is 0 Å². The van der Waals surface area contributed by atoms with Crippen LogP contribution in [0.1, 0.15) is 19.3 Å². The summed E-state index contributed by atoms with van der Waals surface area (Å²) in [7, 11) is 0. The third kappa shape index (κ3) is 2.96. The van der Waals surface area contributed by atoms with Crippen LogP contribution >= 0.6 is 0 Å². The lowest BCUT2D eigenvalue weighted by Gasteiger charge is -2.28. The van der Waals surface area contributed by atoms with Crippen molar-refractivity contribution in [1.82, 2.24) is 0 Å². The van der Waals surface area contributed by atoms with E-state index in [1.165, 1.54) is 0 Å². The molecule has 6 heteroatoms. The topological polar surface area (TPSA) is 89.1 Å². The summed E-state index contributed by atoms with van der Waals surface area (Å²) in [5.74, 6) is 1.83. The lowest BCUT2D eigenvalue weighted by molar-refractivity contribution is 0.0778. The molecule has 0 radical (unpaired) electrons. The molecular formula is C14H19N3O3. The van der Waals surface area contributed by atoms with Gasteiger partial charge in [0, 0.05) is 18.2 Å². The fraction of sp³-hybridized carbons (Fsp3) is 0.500. The first-order valence-electron chi connectivity index (χ1n) is 6.89. The molecule has 108 valence electrons. The summed E-state index contributed by atoms with van der Waals surface area (Å²) in [4.78, 5) is 4.31. The molecule has 1 saturated carbocycles. The number of nitrogens with two attached hydrogens (primary N) is 1. The van der Waals surface area contributed by atoms with E-state index in [-0.39, 0.29) is 12.1 Å². The Morgan fingerprint density at radius 2 is 2.00 bits per heavy atom. The van der Waals surface area contributed by atoms with Gasteiger partial charge in [-0.3, -0.25) is 0 Å². The lowest BCUT2D eigenvalue weighted by Crippen LogP contribution is -2.35. The standard InChI is InChI=1S/C14H19N3O3/c15-14(17-10-6-11(18)7-10)16-9-2-3-12-13(8-9)20-5-1-4-19-12/h2-3,8,10-11,18H,1,4-7H2,(H3,15,16,17). The van der Waals surface area contributed by atoms with Crippen LogP contribution in [0, 0.1) is 0 Å². The van der Waals surface area contributed by atoms with Crippen LogP contribution in [0.15, 0.2) is 23.2 Å². The van der Waals surface area contributed by atoms with Crippen molar-refractivity contribution in [3.05, 3.63) is 18.2 Å². The summed E-state index contributed by atoms with van der Waals surface area (Å²) < 4.78 is 11.2. The Morgan fingerprint density at radius 3 is 2.75 bits per heavy atom. The Balaban J connectivity index is 1.66. The molecule has 3 rings (SSSR count). The molecule has 0 amide bonds. The van der Waals surface area contributed by atoms with Gasteiger partial charge in [0.05, 0.1) is 25.4 Å². The molecule has 1 aromatic rings. The predicted molar refractivity (Wildman–Crippen MR) is 76.3 cm³/mol. The summed E-state index contributed by atoms with van der Waals surface area (Å²) >= 11 is 0. The maximum absolute atomic E-state index is 9.22. The average Bonchev–Trinajstić information content (AvgIpc) is 2.61. The van der Waals surface area contributed by atoms with Gasteiger partial charge in [0.15, 0.2) is 17.5 Å². The van der Waals surface area contributed by atoms with Crippen LogP contribution in [0.4, 0.5) is 5.69 Å². The van der Waals surface area contributed by atoms with Crippen molar-refractivity contribution in [2.24, 2.45) is 10.7 Å². The number of benzene rings is 1. The monoisotopic (exact) mass is 277 g/mol. The molecule has 6 nitrogen and oxygen atoms in total. The summed E-state index contributed by atoms with van der Waals surface area (Å²) in [5, 5.41) is 12.3. The number of nitrogens with zero attached hydrogens (tertiary/aromatic N) is 1. The second-order valence-electron chi connectivity index (χ2n) is 5.13. The number of aliphatic imine (C=N–C) groups is 1. The van der Waals surface area contributed by atoms with Crippen molar-refractivity contribution in [2.75, 3.05) is 18.5 Å². The fourth-order valence-corrected chi connectivity index (χ4v) is 2.28. The number of rotatable bonds is 2. The second kappa shape index (κ2) is 5.58. The summed E-state index contributed by atoms with van der Waals surface area (Å²) in [6, 6.07) is 5.73. The Kier molecular flexibility index (Phi) is 3.64. The van der Waals surface area contributed by atoms with Crippen LogP contribution in [-0.4, -0.2) is 36.4 Å². The maximum Gasteiger partial charge on any atom is 0.193 e. The smallest absolute Gasteiger partial charge is 0.193 e. The summed E-state index contributed by atoms with van der Waals surface area (Å²) in [6.45, 7) is 1.33. The third-order valence-corrected chi connectivity index (χ3v) is 3.43. The van der Waals surface area contributed by atoms with E-state index < -0.39 is 0 Å². The molecule has 4 N–H and O–H groups in total. The van der Waals surface area contributed by atoms with E-state index in [0.29, 0.717) is 32.0 Å². The van der Waals surface area contributed by atoms with Crippen LogP contribution < -0.4 is 20.5 Å². The number of nitrogens with one attached hydrogen (secondary N) is 1. The molecule has 0 spiro atoms. The van der Waals surface area contributed by atoms with Crippen molar-refractivity contribution >= 4 is 11.6 Å². The molecule has 0 aromatic heterocycles. The van der Waals surface area contributed by atoms with Gasteiger partial charge in [0.1, 0.15) is 0 Å². The van der Waals surface area contributed by atoms with E-state index in [4.69, 9.17) is 15.2 Å². The van der Waals surface area contributed by atoms with Crippen LogP contribution in [0.3, 0.4) is 0 Å². The minimum absolute atomic E-state index is 0.123. The number of hydrogen-bond donors (Lipinski definition) is 3. The van der Waals surface area contributed by atoms with Crippen molar-refractivity contribution < 1.29 is 14.6 Å². The van der Waals surface area contributed by atoms with E-state index in [0.717, 1.165) is 23.6 Å². The molecule has 1 aliphatic heterocycles. The number of aliphatic hydroxyl groups excluding tert-OH is 1. The first-order valence-corrected chi connectivity index (χ1v) is 6.89. The molecule has 0 bridgehead atoms. The highest BCUT2D eigenvalue weighted by Crippen LogP contribution is 2.32. The quantitative estimate of drug-likeness (QED) is 0.556. The number of ether oxygens (including phenoxy) is 2. The number of hydrogen-bond acceptors (Lipinski definition) is 4. The van der Waals surface area contributed by atoms with Gasteiger partial charge in [-0.15, -0.1) is 0 Å². The van der Waals surface area contributed by atoms with Crippen molar-refractivity contribution in [2.45, 2.75) is 31.4 Å². The highest BCUT2D eigenvalue weighted by molar-refractivity contribution is 5.92. The Labute approximate surface area is 117 Å². The molecule has 20 heavy (non-hydrogen) atoms. The Morgan fingerprint density at radius 1 is 1.25 bits per heavy atom. The third-order valence-electron chi connectivity index (χ3n) is 3.43. The number of fused-ring (bicyclic) bond motifs is 1. The number of aliphatic hydroxyl groups is 1. The van der Waals surface area contributed by atoms with Gasteiger partial charge in [0.25, 0.3) is 0 Å². The highest BCUT2D eigenvalue weighted by Gasteiger charge is 2.26. The van der Waals surface area contributed by atoms with E-state index in [9.17, 15) is 5.11 Å². The van der Waals surface area contributed by atoms with Gasteiger partial charge in [-0.25, -0.2) is 4.99 Å². The first-order chi connectivity index (χ1) is 9.70. The van der Waals surface area contributed by atoms with E-state index in [2.05, 4.69) is 10.3 Å². The van der Waals surface area contributed by atoms with E-state index >= 15 is 0 Å². The lowest BCUT2D eigenvalue weighted by atomic mass is 9.90. The SMILES string of the molecule is NC(=NC1CC(O)C1)Nc1ccc2c(c1)OCCCO2. The molecule has 1 aromatic carbocycles. The maximum atomic E-state index is 9.22. The summed E-state index contributed by atoms with van der Waals surface area (Å²) in [6.07, 6.45) is 2.02. The zero-order chi connectivity index (χ0) is 13.9. The number of guanidine groups is 1. The van der Waals surface area contributed by atoms with Gasteiger partial charge in [-0.1, -0.05) is 0 Å². The van der Waals surface area contributed by atoms with Gasteiger partial charge in [-0.05, 0) is 25.0 Å². The fourth-order valence-electron chi connectivity index (χ4n) is 2.28. The van der Waals surface area contributed by atoms with Crippen LogP contribution in [0.25, 0.3) is 0 Å². The summed E-state index contributed by atoms with van der Waals surface area (Å²) in [5.41, 5.74) is 6.67. The molecule has 1 aliphatic carbocycles. The van der Waals surface area contributed by atoms with Crippen LogP contribution in [-0.2, 0) is 0 Å². The van der Waals surface area contributed by atoms with Gasteiger partial charge >= 0.3 is 0 Å².